The van der Waals surface area contributed by atoms with Crippen LogP contribution in [0.2, 0.25) is 10.0 Å². The minimum absolute atomic E-state index is 0.133. The lowest BCUT2D eigenvalue weighted by Gasteiger charge is -2.18. The van der Waals surface area contributed by atoms with Gasteiger partial charge >= 0.3 is 0 Å². The molecule has 2 atom stereocenters. The Bertz CT molecular complexity index is 629. The van der Waals surface area contributed by atoms with E-state index in [1.165, 1.54) is 12.8 Å². The summed E-state index contributed by atoms with van der Waals surface area (Å²) in [6.07, 6.45) is 2.55. The number of imidazole rings is 1. The normalized spacial score (nSPS) is 18.8. The molecule has 2 unspecified atom stereocenters. The summed E-state index contributed by atoms with van der Waals surface area (Å²) < 4.78 is 2.23. The molecule has 3 rings (SSSR count). The molecule has 1 aromatic heterocycles. The van der Waals surface area contributed by atoms with Crippen molar-refractivity contribution in [3.05, 3.63) is 28.0 Å². The van der Waals surface area contributed by atoms with E-state index in [9.17, 15) is 0 Å². The van der Waals surface area contributed by atoms with E-state index < -0.39 is 0 Å². The molecule has 0 spiro atoms. The Morgan fingerprint density at radius 3 is 2.42 bits per heavy atom. The van der Waals surface area contributed by atoms with E-state index in [-0.39, 0.29) is 5.38 Å². The SMILES string of the molecule is CC(Cl)c1nc2cc(Cl)c(Cl)cc2n1C(C)C1CC1. The molecular weight excluding hydrogens is 303 g/mol. The number of aromatic nitrogens is 2. The number of fused-ring (bicyclic) bond motifs is 1. The quantitative estimate of drug-likeness (QED) is 0.672. The van der Waals surface area contributed by atoms with Crippen LogP contribution in [-0.4, -0.2) is 9.55 Å². The average molecular weight is 318 g/mol. The molecule has 1 aromatic carbocycles. The van der Waals surface area contributed by atoms with E-state index >= 15 is 0 Å². The number of halogens is 3. The van der Waals surface area contributed by atoms with Crippen molar-refractivity contribution in [2.45, 2.75) is 38.1 Å². The van der Waals surface area contributed by atoms with Gasteiger partial charge < -0.3 is 4.57 Å². The van der Waals surface area contributed by atoms with Crippen molar-refractivity contribution in [3.63, 3.8) is 0 Å². The maximum atomic E-state index is 6.28. The van der Waals surface area contributed by atoms with Gasteiger partial charge in [0.2, 0.25) is 0 Å². The second-order valence-corrected chi connectivity index (χ2v) is 6.76. The average Bonchev–Trinajstić information content (AvgIpc) is 3.12. The molecule has 0 saturated heterocycles. The maximum absolute atomic E-state index is 6.28. The molecular formula is C14H15Cl3N2. The van der Waals surface area contributed by atoms with Crippen LogP contribution in [0.4, 0.5) is 0 Å². The fraction of sp³-hybridized carbons (Fsp3) is 0.500. The van der Waals surface area contributed by atoms with Crippen LogP contribution in [0.5, 0.6) is 0 Å². The second kappa shape index (κ2) is 4.83. The number of hydrogen-bond acceptors (Lipinski definition) is 1. The van der Waals surface area contributed by atoms with Crippen LogP contribution in [0.25, 0.3) is 11.0 Å². The zero-order valence-corrected chi connectivity index (χ0v) is 13.1. The van der Waals surface area contributed by atoms with E-state index in [2.05, 4.69) is 16.5 Å². The van der Waals surface area contributed by atoms with Gasteiger partial charge in [-0.15, -0.1) is 11.6 Å². The molecule has 19 heavy (non-hydrogen) atoms. The fourth-order valence-corrected chi connectivity index (χ4v) is 3.08. The molecule has 1 heterocycles. The Kier molecular flexibility index (Phi) is 3.45. The van der Waals surface area contributed by atoms with Gasteiger partial charge in [0.25, 0.3) is 0 Å². The monoisotopic (exact) mass is 316 g/mol. The van der Waals surface area contributed by atoms with E-state index in [0.717, 1.165) is 22.8 Å². The standard InChI is InChI=1S/C14H15Cl3N2/c1-7(15)14-18-12-5-10(16)11(17)6-13(12)19(14)8(2)9-3-4-9/h5-9H,3-4H2,1-2H3. The van der Waals surface area contributed by atoms with Crippen molar-refractivity contribution < 1.29 is 0 Å². The lowest BCUT2D eigenvalue weighted by atomic mass is 10.2. The second-order valence-electron chi connectivity index (χ2n) is 5.29. The smallest absolute Gasteiger partial charge is 0.127 e. The number of alkyl halides is 1. The van der Waals surface area contributed by atoms with Crippen LogP contribution < -0.4 is 0 Å². The van der Waals surface area contributed by atoms with Gasteiger partial charge in [0, 0.05) is 6.04 Å². The highest BCUT2D eigenvalue weighted by Crippen LogP contribution is 2.43. The van der Waals surface area contributed by atoms with Gasteiger partial charge in [0.05, 0.1) is 26.5 Å². The van der Waals surface area contributed by atoms with Crippen molar-refractivity contribution in [2.24, 2.45) is 5.92 Å². The molecule has 1 aliphatic carbocycles. The van der Waals surface area contributed by atoms with Crippen LogP contribution >= 0.6 is 34.8 Å². The van der Waals surface area contributed by atoms with E-state index in [1.807, 2.05) is 19.1 Å². The number of nitrogens with zero attached hydrogens (tertiary/aromatic N) is 2. The Labute approximate surface area is 127 Å². The number of hydrogen-bond donors (Lipinski definition) is 0. The molecule has 0 amide bonds. The van der Waals surface area contributed by atoms with Crippen LogP contribution in [0.3, 0.4) is 0 Å². The van der Waals surface area contributed by atoms with Gasteiger partial charge in [-0.1, -0.05) is 23.2 Å². The van der Waals surface area contributed by atoms with Crippen molar-refractivity contribution in [3.8, 4) is 0 Å². The highest BCUT2D eigenvalue weighted by Gasteiger charge is 2.32. The summed E-state index contributed by atoms with van der Waals surface area (Å²) in [6.45, 7) is 4.17. The van der Waals surface area contributed by atoms with Gasteiger partial charge in [0.15, 0.2) is 0 Å². The predicted octanol–water partition coefficient (Wildman–Crippen LogP) is 5.61. The molecule has 0 aliphatic heterocycles. The fourth-order valence-electron chi connectivity index (χ4n) is 2.61. The zero-order valence-electron chi connectivity index (χ0n) is 10.8. The van der Waals surface area contributed by atoms with Gasteiger partial charge in [-0.2, -0.15) is 0 Å². The molecule has 5 heteroatoms. The lowest BCUT2D eigenvalue weighted by molar-refractivity contribution is 0.480. The lowest BCUT2D eigenvalue weighted by Crippen LogP contribution is -2.11. The molecule has 1 aliphatic rings. The summed E-state index contributed by atoms with van der Waals surface area (Å²) in [7, 11) is 0. The molecule has 0 radical (unpaired) electrons. The Morgan fingerprint density at radius 2 is 1.84 bits per heavy atom. The molecule has 1 fully saturated rings. The van der Waals surface area contributed by atoms with Crippen molar-refractivity contribution in [1.82, 2.24) is 9.55 Å². The summed E-state index contributed by atoms with van der Waals surface area (Å²) in [5.74, 6) is 1.62. The number of rotatable bonds is 3. The third-order valence-corrected chi connectivity index (χ3v) is 4.74. The van der Waals surface area contributed by atoms with Crippen molar-refractivity contribution >= 4 is 45.8 Å². The summed E-state index contributed by atoms with van der Waals surface area (Å²) in [5, 5.41) is 0.963. The van der Waals surface area contributed by atoms with Gasteiger partial charge in [-0.05, 0) is 44.7 Å². The first-order chi connectivity index (χ1) is 8.99. The van der Waals surface area contributed by atoms with Gasteiger partial charge in [-0.25, -0.2) is 4.98 Å². The van der Waals surface area contributed by atoms with Gasteiger partial charge in [-0.3, -0.25) is 0 Å². The van der Waals surface area contributed by atoms with E-state index in [4.69, 9.17) is 34.8 Å². The summed E-state index contributed by atoms with van der Waals surface area (Å²) in [4.78, 5) is 4.63. The Hall–Kier alpha value is -0.440. The number of benzene rings is 1. The first-order valence-electron chi connectivity index (χ1n) is 6.50. The van der Waals surface area contributed by atoms with E-state index in [0.29, 0.717) is 16.1 Å². The maximum Gasteiger partial charge on any atom is 0.127 e. The minimum atomic E-state index is -0.133. The zero-order chi connectivity index (χ0) is 13.7. The molecule has 2 nitrogen and oxygen atoms in total. The molecule has 2 aromatic rings. The first-order valence-corrected chi connectivity index (χ1v) is 7.69. The molecule has 0 N–H and O–H groups in total. The highest BCUT2D eigenvalue weighted by atomic mass is 35.5. The minimum Gasteiger partial charge on any atom is -0.324 e. The van der Waals surface area contributed by atoms with E-state index in [1.54, 1.807) is 0 Å². The summed E-state index contributed by atoms with van der Waals surface area (Å²) >= 11 is 18.5. The van der Waals surface area contributed by atoms with Gasteiger partial charge in [0.1, 0.15) is 5.82 Å². The van der Waals surface area contributed by atoms with Crippen molar-refractivity contribution in [1.29, 1.82) is 0 Å². The molecule has 102 valence electrons. The van der Waals surface area contributed by atoms with Crippen LogP contribution in [0.1, 0.15) is 43.9 Å². The largest absolute Gasteiger partial charge is 0.324 e. The van der Waals surface area contributed by atoms with Crippen LogP contribution in [0.15, 0.2) is 12.1 Å². The Balaban J connectivity index is 2.25. The molecule has 0 bridgehead atoms. The topological polar surface area (TPSA) is 17.8 Å². The first kappa shape index (κ1) is 13.5. The van der Waals surface area contributed by atoms with Crippen LogP contribution in [-0.2, 0) is 0 Å². The predicted molar refractivity (Wildman–Crippen MR) is 81.5 cm³/mol. The summed E-state index contributed by atoms with van der Waals surface area (Å²) in [5.41, 5.74) is 1.89. The third kappa shape index (κ3) is 2.35. The Morgan fingerprint density at radius 1 is 1.21 bits per heavy atom. The third-order valence-electron chi connectivity index (χ3n) is 3.83. The highest BCUT2D eigenvalue weighted by molar-refractivity contribution is 6.42. The molecule has 1 saturated carbocycles. The van der Waals surface area contributed by atoms with Crippen LogP contribution in [0, 0.1) is 5.92 Å². The van der Waals surface area contributed by atoms with Crippen molar-refractivity contribution in [2.75, 3.05) is 0 Å². The summed E-state index contributed by atoms with van der Waals surface area (Å²) in [6, 6.07) is 4.12.